The van der Waals surface area contributed by atoms with E-state index in [0.29, 0.717) is 35.7 Å². The first kappa shape index (κ1) is 21.8. The molecule has 1 N–H and O–H groups in total. The van der Waals surface area contributed by atoms with Gasteiger partial charge in [-0.3, -0.25) is 9.79 Å². The Balaban J connectivity index is 1.98. The van der Waals surface area contributed by atoms with Crippen LogP contribution in [0.15, 0.2) is 23.2 Å². The molecule has 0 saturated heterocycles. The van der Waals surface area contributed by atoms with Gasteiger partial charge in [-0.15, -0.1) is 0 Å². The number of nitrogens with one attached hydrogen (secondary N) is 1. The number of benzene rings is 1. The summed E-state index contributed by atoms with van der Waals surface area (Å²) in [6.07, 6.45) is 0.617. The van der Waals surface area contributed by atoms with Gasteiger partial charge in [-0.05, 0) is 67.6 Å². The van der Waals surface area contributed by atoms with Crippen LogP contribution in [0.5, 0.6) is 0 Å². The van der Waals surface area contributed by atoms with E-state index < -0.39 is 17.3 Å². The van der Waals surface area contributed by atoms with Gasteiger partial charge in [0.25, 0.3) is 5.91 Å². The topological polar surface area (TPSA) is 41.5 Å². The number of amidine groups is 1. The first-order valence-corrected chi connectivity index (χ1v) is 10.7. The quantitative estimate of drug-likeness (QED) is 0.557. The molecule has 1 heterocycles. The van der Waals surface area contributed by atoms with E-state index in [2.05, 4.69) is 33.0 Å². The molecule has 0 radical (unpaired) electrons. The van der Waals surface area contributed by atoms with E-state index in [4.69, 9.17) is 4.99 Å². The molecule has 2 aliphatic rings. The van der Waals surface area contributed by atoms with Crippen LogP contribution in [0.4, 0.5) is 13.2 Å². The Kier molecular flexibility index (Phi) is 6.11. The molecule has 1 fully saturated rings. The molecule has 1 aliphatic heterocycles. The Labute approximate surface area is 171 Å². The summed E-state index contributed by atoms with van der Waals surface area (Å²) >= 11 is 0. The lowest BCUT2D eigenvalue weighted by molar-refractivity contribution is -0.137. The summed E-state index contributed by atoms with van der Waals surface area (Å²) in [5.41, 5.74) is -0.168. The number of aliphatic imine (C=N–C) groups is 1. The Morgan fingerprint density at radius 1 is 1.24 bits per heavy atom. The van der Waals surface area contributed by atoms with Gasteiger partial charge in [-0.2, -0.15) is 13.2 Å². The minimum absolute atomic E-state index is 0.118. The van der Waals surface area contributed by atoms with Crippen LogP contribution in [0.25, 0.3) is 0 Å². The predicted molar refractivity (Wildman–Crippen MR) is 109 cm³/mol. The third-order valence-corrected chi connectivity index (χ3v) is 6.13. The van der Waals surface area contributed by atoms with Crippen LogP contribution < -0.4 is 5.32 Å². The molecule has 3 nitrogen and oxygen atoms in total. The summed E-state index contributed by atoms with van der Waals surface area (Å²) < 4.78 is 39.6. The highest BCUT2D eigenvalue weighted by Gasteiger charge is 2.45. The number of hydrogen-bond donors (Lipinski definition) is 1. The normalized spacial score (nSPS) is 23.3. The van der Waals surface area contributed by atoms with Gasteiger partial charge in [-0.25, -0.2) is 0 Å². The SMILES string of the molecule is CCC(C)CCC1(CC(C)C)N=C(c2ccc(C(F)(F)F)cc2C2CC2)NC1=O. The van der Waals surface area contributed by atoms with Crippen LogP contribution in [0, 0.1) is 11.8 Å². The molecule has 1 amide bonds. The monoisotopic (exact) mass is 408 g/mol. The van der Waals surface area contributed by atoms with Gasteiger partial charge >= 0.3 is 6.18 Å². The highest BCUT2D eigenvalue weighted by molar-refractivity contribution is 6.16. The Hall–Kier alpha value is -1.85. The zero-order valence-electron chi connectivity index (χ0n) is 17.7. The lowest BCUT2D eigenvalue weighted by atomic mass is 9.82. The molecule has 3 rings (SSSR count). The predicted octanol–water partition coefficient (Wildman–Crippen LogP) is 6.07. The lowest BCUT2D eigenvalue weighted by Crippen LogP contribution is -2.41. The summed E-state index contributed by atoms with van der Waals surface area (Å²) in [4.78, 5) is 17.9. The molecular formula is C23H31F3N2O. The number of carbonyl (C=O) groups is 1. The van der Waals surface area contributed by atoms with Gasteiger partial charge in [0, 0.05) is 5.56 Å². The molecule has 160 valence electrons. The minimum atomic E-state index is -4.37. The van der Waals surface area contributed by atoms with Crippen molar-refractivity contribution >= 4 is 11.7 Å². The van der Waals surface area contributed by atoms with E-state index >= 15 is 0 Å². The maximum absolute atomic E-state index is 13.2. The van der Waals surface area contributed by atoms with Gasteiger partial charge in [0.1, 0.15) is 11.4 Å². The second kappa shape index (κ2) is 8.11. The number of alkyl halides is 3. The highest BCUT2D eigenvalue weighted by atomic mass is 19.4. The molecule has 1 aromatic carbocycles. The van der Waals surface area contributed by atoms with E-state index in [1.54, 1.807) is 0 Å². The van der Waals surface area contributed by atoms with Crippen molar-refractivity contribution in [1.29, 1.82) is 0 Å². The van der Waals surface area contributed by atoms with Crippen molar-refractivity contribution in [1.82, 2.24) is 5.32 Å². The van der Waals surface area contributed by atoms with Crippen molar-refractivity contribution in [2.24, 2.45) is 16.8 Å². The summed E-state index contributed by atoms with van der Waals surface area (Å²) in [5.74, 6) is 1.23. The van der Waals surface area contributed by atoms with Crippen molar-refractivity contribution in [3.8, 4) is 0 Å². The molecule has 0 spiro atoms. The number of nitrogens with zero attached hydrogens (tertiary/aromatic N) is 1. The van der Waals surface area contributed by atoms with Crippen molar-refractivity contribution in [3.63, 3.8) is 0 Å². The van der Waals surface area contributed by atoms with Gasteiger partial charge in [0.15, 0.2) is 0 Å². The molecule has 1 saturated carbocycles. The lowest BCUT2D eigenvalue weighted by Gasteiger charge is -2.26. The van der Waals surface area contributed by atoms with Crippen LogP contribution in [-0.4, -0.2) is 17.3 Å². The van der Waals surface area contributed by atoms with Crippen LogP contribution >= 0.6 is 0 Å². The molecular weight excluding hydrogens is 377 g/mol. The first-order valence-electron chi connectivity index (χ1n) is 10.7. The summed E-state index contributed by atoms with van der Waals surface area (Å²) in [5, 5.41) is 2.92. The van der Waals surface area contributed by atoms with Gasteiger partial charge in [0.2, 0.25) is 0 Å². The molecule has 2 unspecified atom stereocenters. The van der Waals surface area contributed by atoms with E-state index in [1.807, 2.05) is 0 Å². The van der Waals surface area contributed by atoms with Gasteiger partial charge < -0.3 is 5.32 Å². The zero-order valence-corrected chi connectivity index (χ0v) is 17.7. The van der Waals surface area contributed by atoms with Crippen LogP contribution in [0.1, 0.15) is 88.8 Å². The molecule has 2 atom stereocenters. The van der Waals surface area contributed by atoms with E-state index in [1.165, 1.54) is 12.1 Å². The maximum atomic E-state index is 13.2. The number of hydrogen-bond acceptors (Lipinski definition) is 2. The van der Waals surface area contributed by atoms with Crippen molar-refractivity contribution in [3.05, 3.63) is 34.9 Å². The molecule has 1 aliphatic carbocycles. The summed E-state index contributed by atoms with van der Waals surface area (Å²) in [6, 6.07) is 3.82. The van der Waals surface area contributed by atoms with E-state index in [9.17, 15) is 18.0 Å². The summed E-state index contributed by atoms with van der Waals surface area (Å²) in [7, 11) is 0. The van der Waals surface area contributed by atoms with Crippen LogP contribution in [0.2, 0.25) is 0 Å². The van der Waals surface area contributed by atoms with Gasteiger partial charge in [-0.1, -0.05) is 40.2 Å². The van der Waals surface area contributed by atoms with Crippen molar-refractivity contribution in [2.45, 2.75) is 83.9 Å². The minimum Gasteiger partial charge on any atom is -0.308 e. The Morgan fingerprint density at radius 2 is 1.93 bits per heavy atom. The Bertz CT molecular complexity index is 796. The number of carbonyl (C=O) groups excluding carboxylic acids is 1. The average molecular weight is 409 g/mol. The fourth-order valence-electron chi connectivity index (χ4n) is 4.11. The van der Waals surface area contributed by atoms with E-state index in [-0.39, 0.29) is 17.7 Å². The molecule has 0 bridgehead atoms. The Morgan fingerprint density at radius 3 is 2.48 bits per heavy atom. The first-order chi connectivity index (χ1) is 13.6. The van der Waals surface area contributed by atoms with Crippen molar-refractivity contribution in [2.75, 3.05) is 0 Å². The molecule has 1 aromatic rings. The van der Waals surface area contributed by atoms with Gasteiger partial charge in [0.05, 0.1) is 5.56 Å². The molecule has 6 heteroatoms. The molecule has 0 aromatic heterocycles. The number of amides is 1. The van der Waals surface area contributed by atoms with Crippen LogP contribution in [-0.2, 0) is 11.0 Å². The van der Waals surface area contributed by atoms with E-state index in [0.717, 1.165) is 31.7 Å². The third kappa shape index (κ3) is 4.84. The smallest absolute Gasteiger partial charge is 0.308 e. The van der Waals surface area contributed by atoms with Crippen molar-refractivity contribution < 1.29 is 18.0 Å². The fourth-order valence-corrected chi connectivity index (χ4v) is 4.11. The fraction of sp³-hybridized carbons (Fsp3) is 0.652. The average Bonchev–Trinajstić information content (AvgIpc) is 3.44. The zero-order chi connectivity index (χ0) is 21.4. The molecule has 29 heavy (non-hydrogen) atoms. The summed E-state index contributed by atoms with van der Waals surface area (Å²) in [6.45, 7) is 8.44. The largest absolute Gasteiger partial charge is 0.416 e. The number of halogens is 3. The third-order valence-electron chi connectivity index (χ3n) is 6.13. The second-order valence-corrected chi connectivity index (χ2v) is 9.17. The maximum Gasteiger partial charge on any atom is 0.416 e. The second-order valence-electron chi connectivity index (χ2n) is 9.17. The highest BCUT2D eigenvalue weighted by Crippen LogP contribution is 2.44. The van der Waals surface area contributed by atoms with Crippen LogP contribution in [0.3, 0.4) is 0 Å². The number of rotatable bonds is 8. The standard InChI is InChI=1S/C23H31F3N2O/c1-5-15(4)10-11-22(13-14(2)3)21(29)27-20(28-22)18-9-8-17(23(24,25)26)12-19(18)16-6-7-16/h8-9,12,14-16H,5-7,10-11,13H2,1-4H3,(H,27,28,29).